The molecule has 0 radical (unpaired) electrons. The lowest BCUT2D eigenvalue weighted by Gasteiger charge is -2.42. The lowest BCUT2D eigenvalue weighted by molar-refractivity contribution is -0.140. The van der Waals surface area contributed by atoms with E-state index in [1.165, 1.54) is 0 Å². The Morgan fingerprint density at radius 2 is 2.18 bits per heavy atom. The molecule has 1 saturated heterocycles. The summed E-state index contributed by atoms with van der Waals surface area (Å²) in [5.41, 5.74) is -0.419. The molecule has 1 fully saturated rings. The van der Waals surface area contributed by atoms with E-state index in [-0.39, 0.29) is 6.42 Å². The van der Waals surface area contributed by atoms with Crippen LogP contribution in [-0.4, -0.2) is 38.9 Å². The predicted molar refractivity (Wildman–Crippen MR) is 61.9 cm³/mol. The van der Waals surface area contributed by atoms with Gasteiger partial charge in [0.05, 0.1) is 12.0 Å². The zero-order chi connectivity index (χ0) is 12.5. The van der Waals surface area contributed by atoms with E-state index in [2.05, 4.69) is 15.4 Å². The maximum atomic E-state index is 11.0. The zero-order valence-electron chi connectivity index (χ0n) is 10.2. The third-order valence-corrected chi connectivity index (χ3v) is 3.19. The van der Waals surface area contributed by atoms with Gasteiger partial charge in [-0.15, -0.1) is 0 Å². The summed E-state index contributed by atoms with van der Waals surface area (Å²) in [6.07, 6.45) is 1.64. The highest BCUT2D eigenvalue weighted by Gasteiger charge is 2.43. The Kier molecular flexibility index (Phi) is 3.15. The average Bonchev–Trinajstić information content (AvgIpc) is 2.66. The Hall–Kier alpha value is -1.43. The normalized spacial score (nSPS) is 17.8. The van der Waals surface area contributed by atoms with Crippen molar-refractivity contribution in [2.75, 3.05) is 13.1 Å². The molecule has 2 rings (SSSR count). The Labute approximate surface area is 100 Å². The highest BCUT2D eigenvalue weighted by molar-refractivity contribution is 5.68. The minimum absolute atomic E-state index is 0.0967. The maximum absolute atomic E-state index is 11.0. The number of rotatable bonds is 5. The Morgan fingerprint density at radius 1 is 1.47 bits per heavy atom. The van der Waals surface area contributed by atoms with Crippen LogP contribution in [0.3, 0.4) is 0 Å². The Bertz CT molecular complexity index is 423. The van der Waals surface area contributed by atoms with Crippen LogP contribution in [0.5, 0.6) is 0 Å². The van der Waals surface area contributed by atoms with E-state index in [0.717, 1.165) is 24.5 Å². The fourth-order valence-corrected chi connectivity index (χ4v) is 2.19. The number of nitrogens with one attached hydrogen (secondary N) is 1. The number of carbonyl (C=O) groups is 1. The van der Waals surface area contributed by atoms with Crippen LogP contribution >= 0.6 is 0 Å². The van der Waals surface area contributed by atoms with Crippen LogP contribution in [0, 0.1) is 0 Å². The Morgan fingerprint density at radius 3 is 2.59 bits per heavy atom. The number of hydrogen-bond acceptors (Lipinski definition) is 4. The van der Waals surface area contributed by atoms with Gasteiger partial charge in [-0.1, -0.05) is 13.8 Å². The lowest BCUT2D eigenvalue weighted by atomic mass is 9.88. The second-order valence-electron chi connectivity index (χ2n) is 4.46. The number of carboxylic acid groups (broad SMARTS) is 1. The first-order valence-corrected chi connectivity index (χ1v) is 5.99. The average molecular weight is 238 g/mol. The highest BCUT2D eigenvalue weighted by Crippen LogP contribution is 2.27. The summed E-state index contributed by atoms with van der Waals surface area (Å²) in [4.78, 5) is 15.4. The van der Waals surface area contributed by atoms with E-state index in [9.17, 15) is 4.79 Å². The quantitative estimate of drug-likeness (QED) is 0.764. The number of aliphatic carboxylic acids is 1. The van der Waals surface area contributed by atoms with Crippen molar-refractivity contribution in [3.05, 3.63) is 11.6 Å². The van der Waals surface area contributed by atoms with E-state index >= 15 is 0 Å². The number of nitrogens with zero attached hydrogens (tertiary/aromatic N) is 3. The second kappa shape index (κ2) is 4.44. The SMILES string of the molecule is CCc1nc(CC)n(C2(CC(=O)O)CNC2)n1. The Balaban J connectivity index is 2.35. The molecule has 2 heterocycles. The van der Waals surface area contributed by atoms with E-state index in [1.807, 2.05) is 18.5 Å². The molecular formula is C11H18N4O2. The molecule has 6 nitrogen and oxygen atoms in total. The molecule has 1 aliphatic rings. The summed E-state index contributed by atoms with van der Waals surface area (Å²) in [7, 11) is 0. The van der Waals surface area contributed by atoms with Crippen LogP contribution in [0.15, 0.2) is 0 Å². The fraction of sp³-hybridized carbons (Fsp3) is 0.727. The molecule has 94 valence electrons. The molecule has 0 atom stereocenters. The molecule has 0 bridgehead atoms. The van der Waals surface area contributed by atoms with Crippen molar-refractivity contribution in [3.63, 3.8) is 0 Å². The van der Waals surface area contributed by atoms with E-state index in [0.29, 0.717) is 13.1 Å². The zero-order valence-corrected chi connectivity index (χ0v) is 10.2. The van der Waals surface area contributed by atoms with E-state index < -0.39 is 11.5 Å². The molecule has 1 aliphatic heterocycles. The van der Waals surface area contributed by atoms with Gasteiger partial charge in [0.2, 0.25) is 0 Å². The molecule has 0 spiro atoms. The van der Waals surface area contributed by atoms with Gasteiger partial charge in [-0.25, -0.2) is 9.67 Å². The maximum Gasteiger partial charge on any atom is 0.305 e. The van der Waals surface area contributed by atoms with Gasteiger partial charge < -0.3 is 10.4 Å². The molecule has 0 saturated carbocycles. The van der Waals surface area contributed by atoms with Gasteiger partial charge in [0.25, 0.3) is 0 Å². The van der Waals surface area contributed by atoms with Gasteiger partial charge in [0, 0.05) is 25.9 Å². The molecule has 0 amide bonds. The molecule has 1 aromatic heterocycles. The van der Waals surface area contributed by atoms with Crippen LogP contribution in [0.1, 0.15) is 31.9 Å². The van der Waals surface area contributed by atoms with Crippen LogP contribution in [0.2, 0.25) is 0 Å². The van der Waals surface area contributed by atoms with Crippen molar-refractivity contribution in [2.45, 2.75) is 38.6 Å². The topological polar surface area (TPSA) is 80.0 Å². The third kappa shape index (κ3) is 2.04. The summed E-state index contributed by atoms with van der Waals surface area (Å²) in [5, 5.41) is 16.6. The summed E-state index contributed by atoms with van der Waals surface area (Å²) in [5.74, 6) is 0.880. The smallest absolute Gasteiger partial charge is 0.305 e. The van der Waals surface area contributed by atoms with Gasteiger partial charge in [-0.2, -0.15) is 5.10 Å². The van der Waals surface area contributed by atoms with Gasteiger partial charge >= 0.3 is 5.97 Å². The fourth-order valence-electron chi connectivity index (χ4n) is 2.19. The molecule has 0 aliphatic carbocycles. The number of carboxylic acids is 1. The van der Waals surface area contributed by atoms with Crippen molar-refractivity contribution < 1.29 is 9.90 Å². The van der Waals surface area contributed by atoms with Gasteiger partial charge in [-0.05, 0) is 0 Å². The molecule has 17 heavy (non-hydrogen) atoms. The summed E-state index contributed by atoms with van der Waals surface area (Å²) in [6.45, 7) is 5.32. The first-order chi connectivity index (χ1) is 8.11. The van der Waals surface area contributed by atoms with Gasteiger partial charge in [0.1, 0.15) is 5.82 Å². The minimum atomic E-state index is -0.790. The third-order valence-electron chi connectivity index (χ3n) is 3.19. The van der Waals surface area contributed by atoms with Crippen LogP contribution in [0.25, 0.3) is 0 Å². The first-order valence-electron chi connectivity index (χ1n) is 5.99. The van der Waals surface area contributed by atoms with Crippen molar-refractivity contribution in [2.24, 2.45) is 0 Å². The molecular weight excluding hydrogens is 220 g/mol. The van der Waals surface area contributed by atoms with E-state index in [1.54, 1.807) is 0 Å². The van der Waals surface area contributed by atoms with Crippen molar-refractivity contribution in [3.8, 4) is 0 Å². The summed E-state index contributed by atoms with van der Waals surface area (Å²) >= 11 is 0. The molecule has 0 unspecified atom stereocenters. The van der Waals surface area contributed by atoms with Crippen LogP contribution in [0.4, 0.5) is 0 Å². The monoisotopic (exact) mass is 238 g/mol. The van der Waals surface area contributed by atoms with Crippen LogP contribution < -0.4 is 5.32 Å². The van der Waals surface area contributed by atoms with Crippen molar-refractivity contribution >= 4 is 5.97 Å². The number of aromatic nitrogens is 3. The molecule has 0 aromatic carbocycles. The number of aryl methyl sites for hydroxylation is 2. The largest absolute Gasteiger partial charge is 0.481 e. The summed E-state index contributed by atoms with van der Waals surface area (Å²) in [6, 6.07) is 0. The van der Waals surface area contributed by atoms with Gasteiger partial charge in [-0.3, -0.25) is 4.79 Å². The molecule has 2 N–H and O–H groups in total. The second-order valence-corrected chi connectivity index (χ2v) is 4.46. The highest BCUT2D eigenvalue weighted by atomic mass is 16.4. The number of hydrogen-bond donors (Lipinski definition) is 2. The van der Waals surface area contributed by atoms with Crippen molar-refractivity contribution in [1.29, 1.82) is 0 Å². The molecule has 1 aromatic rings. The van der Waals surface area contributed by atoms with Gasteiger partial charge in [0.15, 0.2) is 5.82 Å². The van der Waals surface area contributed by atoms with Crippen molar-refractivity contribution in [1.82, 2.24) is 20.1 Å². The lowest BCUT2D eigenvalue weighted by Crippen LogP contribution is -2.62. The predicted octanol–water partition coefficient (Wildman–Crippen LogP) is 0.176. The minimum Gasteiger partial charge on any atom is -0.481 e. The van der Waals surface area contributed by atoms with E-state index in [4.69, 9.17) is 5.11 Å². The standard InChI is InChI=1S/C11H18N4O2/c1-3-8-13-9(4-2)15(14-8)11(5-10(16)17)6-12-7-11/h12H,3-7H2,1-2H3,(H,16,17). The molecule has 6 heteroatoms. The summed E-state index contributed by atoms with van der Waals surface area (Å²) < 4.78 is 1.83. The first kappa shape index (κ1) is 12.0. The van der Waals surface area contributed by atoms with Crippen LogP contribution in [-0.2, 0) is 23.2 Å².